The van der Waals surface area contributed by atoms with E-state index >= 15 is 0 Å². The van der Waals surface area contributed by atoms with Crippen molar-refractivity contribution in [3.8, 4) is 11.7 Å². The molecule has 1 heterocycles. The van der Waals surface area contributed by atoms with Crippen molar-refractivity contribution in [1.82, 2.24) is 0 Å². The van der Waals surface area contributed by atoms with Gasteiger partial charge >= 0.3 is 5.97 Å². The van der Waals surface area contributed by atoms with E-state index < -0.39 is 5.97 Å². The van der Waals surface area contributed by atoms with Gasteiger partial charge in [0.1, 0.15) is 5.75 Å². The first-order valence-electron chi connectivity index (χ1n) is 5.43. The van der Waals surface area contributed by atoms with Gasteiger partial charge in [0.2, 0.25) is 5.76 Å². The number of para-hydroxylation sites is 1. The van der Waals surface area contributed by atoms with Gasteiger partial charge in [-0.2, -0.15) is 0 Å². The average molecular weight is 244 g/mol. The summed E-state index contributed by atoms with van der Waals surface area (Å²) in [6.07, 6.45) is 3.80. The van der Waals surface area contributed by atoms with E-state index in [1.807, 2.05) is 37.3 Å². The van der Waals surface area contributed by atoms with Gasteiger partial charge in [-0.1, -0.05) is 30.4 Å². The van der Waals surface area contributed by atoms with E-state index in [0.717, 1.165) is 5.56 Å². The number of carboxylic acid groups (broad SMARTS) is 1. The zero-order chi connectivity index (χ0) is 13.0. The predicted octanol–water partition coefficient (Wildman–Crippen LogP) is 3.80. The molecule has 4 nitrogen and oxygen atoms in total. The van der Waals surface area contributed by atoms with Crippen molar-refractivity contribution in [3.05, 3.63) is 53.8 Å². The molecule has 0 bridgehead atoms. The quantitative estimate of drug-likeness (QED) is 0.888. The summed E-state index contributed by atoms with van der Waals surface area (Å²) in [7, 11) is 0. The van der Waals surface area contributed by atoms with Gasteiger partial charge in [-0.3, -0.25) is 0 Å². The van der Waals surface area contributed by atoms with Crippen molar-refractivity contribution in [2.45, 2.75) is 6.92 Å². The molecule has 0 unspecified atom stereocenters. The van der Waals surface area contributed by atoms with E-state index in [9.17, 15) is 4.79 Å². The van der Waals surface area contributed by atoms with E-state index in [1.54, 1.807) is 6.07 Å². The van der Waals surface area contributed by atoms with Gasteiger partial charge in [0.05, 0.1) is 0 Å². The molecule has 0 amide bonds. The van der Waals surface area contributed by atoms with Crippen molar-refractivity contribution in [1.29, 1.82) is 0 Å². The molecule has 1 aromatic heterocycles. The molecule has 0 aliphatic heterocycles. The largest absolute Gasteiger partial charge is 0.475 e. The zero-order valence-electron chi connectivity index (χ0n) is 9.79. The zero-order valence-corrected chi connectivity index (χ0v) is 9.79. The Hall–Kier alpha value is -2.49. The van der Waals surface area contributed by atoms with Gasteiger partial charge in [0.15, 0.2) is 0 Å². The van der Waals surface area contributed by atoms with Crippen LogP contribution in [0.25, 0.3) is 6.08 Å². The molecule has 1 aromatic carbocycles. The average Bonchev–Trinajstić information content (AvgIpc) is 2.81. The number of benzene rings is 1. The van der Waals surface area contributed by atoms with Crippen LogP contribution in [0.5, 0.6) is 11.7 Å². The number of aromatic carboxylic acids is 1. The maximum absolute atomic E-state index is 10.7. The minimum Gasteiger partial charge on any atom is -0.475 e. The fraction of sp³-hybridized carbons (Fsp3) is 0.0714. The minimum atomic E-state index is -1.12. The number of carbonyl (C=O) groups is 1. The second kappa shape index (κ2) is 5.23. The van der Waals surface area contributed by atoms with E-state index in [0.29, 0.717) is 5.75 Å². The van der Waals surface area contributed by atoms with Gasteiger partial charge < -0.3 is 14.3 Å². The predicted molar refractivity (Wildman–Crippen MR) is 66.9 cm³/mol. The van der Waals surface area contributed by atoms with Crippen molar-refractivity contribution in [2.75, 3.05) is 0 Å². The van der Waals surface area contributed by atoms with Crippen molar-refractivity contribution in [2.24, 2.45) is 0 Å². The summed E-state index contributed by atoms with van der Waals surface area (Å²) in [5.41, 5.74) is 0.897. The molecule has 92 valence electrons. The Morgan fingerprint density at radius 3 is 2.72 bits per heavy atom. The van der Waals surface area contributed by atoms with E-state index in [4.69, 9.17) is 14.3 Å². The van der Waals surface area contributed by atoms with Crippen LogP contribution >= 0.6 is 0 Å². The molecule has 4 heteroatoms. The lowest BCUT2D eigenvalue weighted by Crippen LogP contribution is -1.91. The van der Waals surface area contributed by atoms with Crippen LogP contribution in [0.4, 0.5) is 0 Å². The highest BCUT2D eigenvalue weighted by molar-refractivity contribution is 5.84. The maximum atomic E-state index is 10.7. The number of ether oxygens (including phenoxy) is 1. The first-order chi connectivity index (χ1) is 8.70. The number of hydrogen-bond donors (Lipinski definition) is 1. The molecular weight excluding hydrogens is 232 g/mol. The SMILES string of the molecule is CC=Cc1ccccc1Oc1ccc(C(=O)O)o1. The minimum absolute atomic E-state index is 0.145. The third-order valence-corrected chi connectivity index (χ3v) is 2.27. The Balaban J connectivity index is 2.25. The van der Waals surface area contributed by atoms with Crippen LogP contribution in [-0.4, -0.2) is 11.1 Å². The van der Waals surface area contributed by atoms with E-state index in [-0.39, 0.29) is 11.7 Å². The lowest BCUT2D eigenvalue weighted by Gasteiger charge is -2.05. The monoisotopic (exact) mass is 244 g/mol. The van der Waals surface area contributed by atoms with Gasteiger partial charge in [-0.15, -0.1) is 0 Å². The standard InChI is InChI=1S/C14H12O4/c1-2-5-10-6-3-4-7-11(10)17-13-9-8-12(18-13)14(15)16/h2-9H,1H3,(H,15,16). The molecule has 0 aliphatic rings. The Labute approximate surface area is 104 Å². The van der Waals surface area contributed by atoms with Gasteiger partial charge in [0, 0.05) is 11.6 Å². The van der Waals surface area contributed by atoms with Crippen molar-refractivity contribution >= 4 is 12.0 Å². The molecule has 0 radical (unpaired) electrons. The molecule has 2 rings (SSSR count). The van der Waals surface area contributed by atoms with Crippen LogP contribution in [-0.2, 0) is 0 Å². The Morgan fingerprint density at radius 2 is 2.06 bits per heavy atom. The van der Waals surface area contributed by atoms with Gasteiger partial charge in [0.25, 0.3) is 5.95 Å². The fourth-order valence-electron chi connectivity index (χ4n) is 1.49. The Morgan fingerprint density at radius 1 is 1.28 bits per heavy atom. The van der Waals surface area contributed by atoms with Crippen LogP contribution in [0.2, 0.25) is 0 Å². The highest BCUT2D eigenvalue weighted by Crippen LogP contribution is 2.27. The second-order valence-corrected chi connectivity index (χ2v) is 3.56. The molecule has 0 spiro atoms. The lowest BCUT2D eigenvalue weighted by molar-refractivity contribution is 0.0657. The number of hydrogen-bond acceptors (Lipinski definition) is 3. The van der Waals surface area contributed by atoms with Crippen LogP contribution in [0.15, 0.2) is 46.9 Å². The summed E-state index contributed by atoms with van der Waals surface area (Å²) in [4.78, 5) is 10.7. The summed E-state index contributed by atoms with van der Waals surface area (Å²) < 4.78 is 10.5. The third-order valence-electron chi connectivity index (χ3n) is 2.27. The van der Waals surface area contributed by atoms with Crippen LogP contribution in [0.1, 0.15) is 23.0 Å². The molecule has 2 aromatic rings. The number of allylic oxidation sites excluding steroid dienone is 1. The topological polar surface area (TPSA) is 59.7 Å². The van der Waals surface area contributed by atoms with Crippen LogP contribution < -0.4 is 4.74 Å². The summed E-state index contributed by atoms with van der Waals surface area (Å²) in [6.45, 7) is 1.91. The summed E-state index contributed by atoms with van der Waals surface area (Å²) in [5, 5.41) is 8.74. The summed E-state index contributed by atoms with van der Waals surface area (Å²) in [6, 6.07) is 10.3. The van der Waals surface area contributed by atoms with Gasteiger partial charge in [-0.25, -0.2) is 4.79 Å². The smallest absolute Gasteiger partial charge is 0.371 e. The lowest BCUT2D eigenvalue weighted by atomic mass is 10.2. The Kier molecular flexibility index (Phi) is 3.48. The van der Waals surface area contributed by atoms with Crippen LogP contribution in [0, 0.1) is 0 Å². The molecule has 0 fully saturated rings. The number of rotatable bonds is 4. The van der Waals surface area contributed by atoms with Crippen molar-refractivity contribution in [3.63, 3.8) is 0 Å². The first kappa shape index (κ1) is 12.0. The highest BCUT2D eigenvalue weighted by atomic mass is 16.6. The number of furan rings is 1. The molecular formula is C14H12O4. The fourth-order valence-corrected chi connectivity index (χ4v) is 1.49. The summed E-state index contributed by atoms with van der Waals surface area (Å²) >= 11 is 0. The molecule has 0 aliphatic carbocycles. The van der Waals surface area contributed by atoms with E-state index in [2.05, 4.69) is 0 Å². The third kappa shape index (κ3) is 2.60. The van der Waals surface area contributed by atoms with Crippen LogP contribution in [0.3, 0.4) is 0 Å². The van der Waals surface area contributed by atoms with Crippen molar-refractivity contribution < 1.29 is 19.1 Å². The summed E-state index contributed by atoms with van der Waals surface area (Å²) in [5.74, 6) is -0.494. The maximum Gasteiger partial charge on any atom is 0.371 e. The van der Waals surface area contributed by atoms with E-state index in [1.165, 1.54) is 12.1 Å². The number of carboxylic acids is 1. The highest BCUT2D eigenvalue weighted by Gasteiger charge is 2.11. The molecule has 0 saturated heterocycles. The second-order valence-electron chi connectivity index (χ2n) is 3.56. The molecule has 0 atom stereocenters. The molecule has 1 N–H and O–H groups in total. The molecule has 0 saturated carbocycles. The Bertz CT molecular complexity index is 581. The van der Waals surface area contributed by atoms with Gasteiger partial charge in [-0.05, 0) is 19.1 Å². The normalized spacial score (nSPS) is 10.7. The first-order valence-corrected chi connectivity index (χ1v) is 5.43. The molecule has 18 heavy (non-hydrogen) atoms.